The second-order valence-electron chi connectivity index (χ2n) is 5.59. The monoisotopic (exact) mass is 302 g/mol. The summed E-state index contributed by atoms with van der Waals surface area (Å²) < 4.78 is 33.8. The number of nitrogen functional groups attached to an aromatic ring is 1. The van der Waals surface area contributed by atoms with E-state index >= 15 is 0 Å². The summed E-state index contributed by atoms with van der Waals surface area (Å²) in [5, 5.41) is 4.06. The summed E-state index contributed by atoms with van der Waals surface area (Å²) in [6.07, 6.45) is 2.38. The van der Waals surface area contributed by atoms with Crippen molar-refractivity contribution in [1.82, 2.24) is 14.1 Å². The van der Waals surface area contributed by atoms with Crippen LogP contribution in [0.5, 0.6) is 0 Å². The van der Waals surface area contributed by atoms with Crippen LogP contribution in [0.25, 0.3) is 0 Å². The molecule has 0 unspecified atom stereocenters. The fourth-order valence-electron chi connectivity index (χ4n) is 2.28. The van der Waals surface area contributed by atoms with E-state index in [-0.39, 0.29) is 10.7 Å². The molecule has 1 aromatic rings. The quantitative estimate of drug-likeness (QED) is 0.883. The number of nitrogens with two attached hydrogens (primary N) is 1. The van der Waals surface area contributed by atoms with Crippen LogP contribution in [0.4, 0.5) is 5.82 Å². The Hall–Kier alpha value is -1.12. The zero-order chi connectivity index (χ0) is 15.0. The van der Waals surface area contributed by atoms with Gasteiger partial charge in [0.15, 0.2) is 5.82 Å². The van der Waals surface area contributed by atoms with Crippen molar-refractivity contribution < 1.29 is 13.2 Å². The minimum Gasteiger partial charge on any atom is -0.381 e. The molecule has 1 aliphatic heterocycles. The smallest absolute Gasteiger partial charge is 0.248 e. The van der Waals surface area contributed by atoms with Gasteiger partial charge >= 0.3 is 0 Å². The molecule has 2 rings (SSSR count). The topological polar surface area (TPSA) is 90.5 Å². The van der Waals surface area contributed by atoms with E-state index in [4.69, 9.17) is 10.5 Å². The second-order valence-corrected chi connectivity index (χ2v) is 7.49. The third-order valence-electron chi connectivity index (χ3n) is 3.22. The number of aryl methyl sites for hydroxylation is 1. The average Bonchev–Trinajstić information content (AvgIpc) is 2.70. The average molecular weight is 302 g/mol. The highest BCUT2D eigenvalue weighted by molar-refractivity contribution is 7.89. The predicted octanol–water partition coefficient (Wildman–Crippen LogP) is 0.675. The number of hydrogen-bond acceptors (Lipinski definition) is 5. The maximum Gasteiger partial charge on any atom is 0.248 e. The molecule has 0 aromatic carbocycles. The molecule has 1 fully saturated rings. The van der Waals surface area contributed by atoms with Gasteiger partial charge in [-0.15, -0.1) is 0 Å². The molecule has 2 heterocycles. The minimum atomic E-state index is -3.62. The Bertz CT molecular complexity index is 580. The van der Waals surface area contributed by atoms with E-state index in [1.807, 2.05) is 20.8 Å². The second kappa shape index (κ2) is 5.34. The Kier molecular flexibility index (Phi) is 4.08. The zero-order valence-corrected chi connectivity index (χ0v) is 13.0. The van der Waals surface area contributed by atoms with E-state index in [9.17, 15) is 8.42 Å². The Morgan fingerprint density at radius 2 is 2.20 bits per heavy atom. The van der Waals surface area contributed by atoms with Crippen LogP contribution in [0.15, 0.2) is 11.1 Å². The van der Waals surface area contributed by atoms with E-state index in [1.54, 1.807) is 4.68 Å². The number of ether oxygens (including phenoxy) is 1. The summed E-state index contributed by atoms with van der Waals surface area (Å²) in [6, 6.07) is 0. The first kappa shape index (κ1) is 15.3. The lowest BCUT2D eigenvalue weighted by Crippen LogP contribution is -2.50. The number of anilines is 1. The van der Waals surface area contributed by atoms with Crippen LogP contribution in [0, 0.1) is 0 Å². The molecule has 20 heavy (non-hydrogen) atoms. The first-order valence-corrected chi connectivity index (χ1v) is 8.17. The molecule has 1 saturated heterocycles. The fraction of sp³-hybridized carbons (Fsp3) is 0.750. The van der Waals surface area contributed by atoms with Gasteiger partial charge in [0, 0.05) is 25.8 Å². The van der Waals surface area contributed by atoms with Crippen LogP contribution in [0.1, 0.15) is 27.2 Å². The molecule has 1 aliphatic rings. The van der Waals surface area contributed by atoms with Crippen molar-refractivity contribution in [2.75, 3.05) is 25.4 Å². The lowest BCUT2D eigenvalue weighted by atomic mass is 10.1. The van der Waals surface area contributed by atoms with Crippen LogP contribution in [-0.4, -0.2) is 47.8 Å². The Morgan fingerprint density at radius 1 is 1.50 bits per heavy atom. The molecular weight excluding hydrogens is 280 g/mol. The van der Waals surface area contributed by atoms with Crippen molar-refractivity contribution in [3.05, 3.63) is 6.20 Å². The van der Waals surface area contributed by atoms with Gasteiger partial charge in [0.25, 0.3) is 0 Å². The molecule has 0 aliphatic carbocycles. The molecule has 2 N–H and O–H groups in total. The van der Waals surface area contributed by atoms with Crippen LogP contribution in [0.3, 0.4) is 0 Å². The van der Waals surface area contributed by atoms with Gasteiger partial charge in [-0.05, 0) is 20.3 Å². The molecule has 114 valence electrons. The standard InChI is InChI=1S/C12H22N4O3S/c1-4-5-15-8-10(11(13)14-15)20(17,18)16-6-7-19-12(2,3)9-16/h8H,4-7,9H2,1-3H3,(H2,13,14). The van der Waals surface area contributed by atoms with Crippen molar-refractivity contribution in [2.24, 2.45) is 0 Å². The lowest BCUT2D eigenvalue weighted by molar-refractivity contribution is -0.0640. The van der Waals surface area contributed by atoms with E-state index in [0.717, 1.165) is 6.42 Å². The molecule has 1 aromatic heterocycles. The highest BCUT2D eigenvalue weighted by atomic mass is 32.2. The molecule has 0 spiro atoms. The first-order chi connectivity index (χ1) is 9.26. The summed E-state index contributed by atoms with van der Waals surface area (Å²) in [5.41, 5.74) is 5.28. The van der Waals surface area contributed by atoms with Gasteiger partial charge in [-0.2, -0.15) is 9.40 Å². The SMILES string of the molecule is CCCn1cc(S(=O)(=O)N2CCOC(C)(C)C2)c(N)n1. The lowest BCUT2D eigenvalue weighted by Gasteiger charge is -2.37. The van der Waals surface area contributed by atoms with E-state index < -0.39 is 15.6 Å². The van der Waals surface area contributed by atoms with Crippen LogP contribution >= 0.6 is 0 Å². The van der Waals surface area contributed by atoms with Crippen molar-refractivity contribution in [3.8, 4) is 0 Å². The highest BCUT2D eigenvalue weighted by Crippen LogP contribution is 2.26. The van der Waals surface area contributed by atoms with Gasteiger partial charge in [-0.25, -0.2) is 8.42 Å². The van der Waals surface area contributed by atoms with Gasteiger partial charge in [0.1, 0.15) is 4.90 Å². The predicted molar refractivity (Wildman–Crippen MR) is 75.7 cm³/mol. The number of nitrogens with zero attached hydrogens (tertiary/aromatic N) is 3. The summed E-state index contributed by atoms with van der Waals surface area (Å²) in [5.74, 6) is 0.0581. The van der Waals surface area contributed by atoms with Crippen LogP contribution in [0.2, 0.25) is 0 Å². The molecule has 0 radical (unpaired) electrons. The summed E-state index contributed by atoms with van der Waals surface area (Å²) >= 11 is 0. The van der Waals surface area contributed by atoms with Crippen molar-refractivity contribution >= 4 is 15.8 Å². The van der Waals surface area contributed by atoms with E-state index in [0.29, 0.717) is 26.2 Å². The minimum absolute atomic E-state index is 0.0581. The first-order valence-electron chi connectivity index (χ1n) is 6.73. The van der Waals surface area contributed by atoms with Crippen LogP contribution in [-0.2, 0) is 21.3 Å². The fourth-order valence-corrected chi connectivity index (χ4v) is 3.91. The van der Waals surface area contributed by atoms with Crippen molar-refractivity contribution in [1.29, 1.82) is 0 Å². The third kappa shape index (κ3) is 2.97. The molecule has 8 heteroatoms. The molecule has 0 atom stereocenters. The van der Waals surface area contributed by atoms with E-state index in [2.05, 4.69) is 5.10 Å². The summed E-state index contributed by atoms with van der Waals surface area (Å²) in [6.45, 7) is 7.43. The molecule has 7 nitrogen and oxygen atoms in total. The normalized spacial score (nSPS) is 20.1. The van der Waals surface area contributed by atoms with Gasteiger partial charge in [0.05, 0.1) is 12.2 Å². The number of morpholine rings is 1. The maximum absolute atomic E-state index is 12.7. The third-order valence-corrected chi connectivity index (χ3v) is 5.08. The Balaban J connectivity index is 2.30. The largest absolute Gasteiger partial charge is 0.381 e. The number of hydrogen-bond donors (Lipinski definition) is 1. The Morgan fingerprint density at radius 3 is 2.80 bits per heavy atom. The van der Waals surface area contributed by atoms with Gasteiger partial charge in [-0.3, -0.25) is 4.68 Å². The summed E-state index contributed by atoms with van der Waals surface area (Å²) in [4.78, 5) is 0.0867. The molecular formula is C12H22N4O3S. The molecule has 0 amide bonds. The molecule has 0 bridgehead atoms. The van der Waals surface area contributed by atoms with Gasteiger partial charge in [0.2, 0.25) is 10.0 Å². The number of aromatic nitrogens is 2. The Labute approximate surface area is 119 Å². The highest BCUT2D eigenvalue weighted by Gasteiger charge is 2.36. The summed E-state index contributed by atoms with van der Waals surface area (Å²) in [7, 11) is -3.62. The maximum atomic E-state index is 12.7. The number of rotatable bonds is 4. The van der Waals surface area contributed by atoms with E-state index in [1.165, 1.54) is 10.5 Å². The van der Waals surface area contributed by atoms with Crippen molar-refractivity contribution in [2.45, 2.75) is 44.2 Å². The number of sulfonamides is 1. The molecule has 0 saturated carbocycles. The van der Waals surface area contributed by atoms with Gasteiger partial charge in [-0.1, -0.05) is 6.92 Å². The van der Waals surface area contributed by atoms with Crippen molar-refractivity contribution in [3.63, 3.8) is 0 Å². The van der Waals surface area contributed by atoms with Gasteiger partial charge < -0.3 is 10.5 Å². The van der Waals surface area contributed by atoms with Crippen LogP contribution < -0.4 is 5.73 Å². The zero-order valence-electron chi connectivity index (χ0n) is 12.2.